The molecule has 1 aromatic rings. The Morgan fingerprint density at radius 3 is 1.15 bits per heavy atom. The SMILES string of the molecule is O=C(O)S(=O)(=O)O.c1ccccc1. The maximum absolute atomic E-state index is 9.29. The van der Waals surface area contributed by atoms with Gasteiger partial charge in [-0.25, -0.2) is 4.79 Å². The average molecular weight is 204 g/mol. The van der Waals surface area contributed by atoms with Gasteiger partial charge in [0.2, 0.25) is 0 Å². The Bertz CT molecular complexity index is 316. The van der Waals surface area contributed by atoms with Crippen LogP contribution in [0.4, 0.5) is 4.79 Å². The van der Waals surface area contributed by atoms with Gasteiger partial charge in [0.15, 0.2) is 0 Å². The first kappa shape index (κ1) is 11.6. The molecule has 0 saturated heterocycles. The molecule has 0 heterocycles. The van der Waals surface area contributed by atoms with Crippen LogP contribution >= 0.6 is 0 Å². The zero-order chi connectivity index (χ0) is 10.3. The Kier molecular flexibility index (Phi) is 4.71. The van der Waals surface area contributed by atoms with Crippen molar-refractivity contribution >= 4 is 15.4 Å². The average Bonchev–Trinajstić information content (AvgIpc) is 2.07. The van der Waals surface area contributed by atoms with Crippen molar-refractivity contribution < 1.29 is 22.9 Å². The zero-order valence-corrected chi connectivity index (χ0v) is 7.31. The quantitative estimate of drug-likeness (QED) is 0.620. The summed E-state index contributed by atoms with van der Waals surface area (Å²) in [6.07, 6.45) is 0. The summed E-state index contributed by atoms with van der Waals surface area (Å²) in [5.74, 6) is 0. The van der Waals surface area contributed by atoms with Crippen LogP contribution in [0.2, 0.25) is 0 Å². The second-order valence-electron chi connectivity index (χ2n) is 1.90. The number of benzene rings is 1. The second kappa shape index (κ2) is 5.28. The van der Waals surface area contributed by atoms with E-state index in [2.05, 4.69) is 0 Å². The third-order valence-electron chi connectivity index (χ3n) is 0.887. The van der Waals surface area contributed by atoms with E-state index in [0.717, 1.165) is 0 Å². The predicted octanol–water partition coefficient (Wildman–Crippen LogP) is 1.24. The summed E-state index contributed by atoms with van der Waals surface area (Å²) in [6.45, 7) is 0. The molecule has 0 aliphatic carbocycles. The number of rotatable bonds is 0. The van der Waals surface area contributed by atoms with E-state index in [1.807, 2.05) is 36.4 Å². The molecule has 0 fully saturated rings. The number of hydrogen-bond donors (Lipinski definition) is 2. The molecule has 0 unspecified atom stereocenters. The molecule has 0 aromatic heterocycles. The molecule has 0 saturated carbocycles. The summed E-state index contributed by atoms with van der Waals surface area (Å²) >= 11 is 0. The molecule has 1 rings (SSSR count). The monoisotopic (exact) mass is 204 g/mol. The van der Waals surface area contributed by atoms with Crippen LogP contribution in [0.25, 0.3) is 0 Å². The number of carboxylic acid groups (broad SMARTS) is 1. The largest absolute Gasteiger partial charge is 0.468 e. The van der Waals surface area contributed by atoms with Gasteiger partial charge in [-0.15, -0.1) is 0 Å². The van der Waals surface area contributed by atoms with E-state index in [1.165, 1.54) is 0 Å². The van der Waals surface area contributed by atoms with Crippen LogP contribution in [0, 0.1) is 0 Å². The summed E-state index contributed by atoms with van der Waals surface area (Å²) in [5.41, 5.74) is 0. The third-order valence-corrected chi connectivity index (χ3v) is 1.33. The molecule has 0 radical (unpaired) electrons. The van der Waals surface area contributed by atoms with Crippen molar-refractivity contribution in [2.75, 3.05) is 0 Å². The van der Waals surface area contributed by atoms with Crippen LogP contribution in [-0.2, 0) is 10.1 Å². The topological polar surface area (TPSA) is 91.7 Å². The molecular formula is C7H8O5S. The molecule has 0 amide bonds. The van der Waals surface area contributed by atoms with Gasteiger partial charge in [0.25, 0.3) is 0 Å². The summed E-state index contributed by atoms with van der Waals surface area (Å²) in [4.78, 5) is 9.18. The molecule has 0 aliphatic rings. The van der Waals surface area contributed by atoms with E-state index < -0.39 is 15.4 Å². The smallest absolute Gasteiger partial charge is 0.449 e. The van der Waals surface area contributed by atoms with E-state index in [4.69, 9.17) is 9.66 Å². The van der Waals surface area contributed by atoms with Crippen molar-refractivity contribution in [2.24, 2.45) is 0 Å². The molecule has 0 atom stereocenters. The normalized spacial score (nSPS) is 9.62. The Labute approximate surface area is 75.4 Å². The lowest BCUT2D eigenvalue weighted by atomic mass is 10.4. The van der Waals surface area contributed by atoms with E-state index in [9.17, 15) is 13.2 Å². The lowest BCUT2D eigenvalue weighted by Gasteiger charge is -1.78. The fraction of sp³-hybridized carbons (Fsp3) is 0. The summed E-state index contributed by atoms with van der Waals surface area (Å²) in [7, 11) is -4.82. The fourth-order valence-corrected chi connectivity index (χ4v) is 0.385. The van der Waals surface area contributed by atoms with Crippen molar-refractivity contribution in [3.63, 3.8) is 0 Å². The van der Waals surface area contributed by atoms with E-state index in [-0.39, 0.29) is 0 Å². The van der Waals surface area contributed by atoms with Crippen molar-refractivity contribution in [2.45, 2.75) is 0 Å². The first-order chi connectivity index (χ1) is 5.94. The fourth-order valence-electron chi connectivity index (χ4n) is 0.385. The molecule has 0 aliphatic heterocycles. The lowest BCUT2D eigenvalue weighted by molar-refractivity contribution is 0.216. The first-order valence-corrected chi connectivity index (χ1v) is 4.59. The van der Waals surface area contributed by atoms with Crippen molar-refractivity contribution in [1.29, 1.82) is 0 Å². The van der Waals surface area contributed by atoms with Crippen molar-refractivity contribution in [3.05, 3.63) is 36.4 Å². The molecule has 6 heteroatoms. The van der Waals surface area contributed by atoms with Gasteiger partial charge in [0.1, 0.15) is 0 Å². The summed E-state index contributed by atoms with van der Waals surface area (Å²) < 4.78 is 26.0. The van der Waals surface area contributed by atoms with Gasteiger partial charge in [-0.3, -0.25) is 4.55 Å². The van der Waals surface area contributed by atoms with Gasteiger partial charge in [-0.05, 0) is 0 Å². The Hall–Kier alpha value is -1.40. The van der Waals surface area contributed by atoms with Gasteiger partial charge in [0, 0.05) is 0 Å². The first-order valence-electron chi connectivity index (χ1n) is 3.15. The predicted molar refractivity (Wildman–Crippen MR) is 46.0 cm³/mol. The highest BCUT2D eigenvalue weighted by atomic mass is 32.2. The Morgan fingerprint density at radius 1 is 0.923 bits per heavy atom. The molecule has 2 N–H and O–H groups in total. The van der Waals surface area contributed by atoms with Gasteiger partial charge in [0.05, 0.1) is 0 Å². The third kappa shape index (κ3) is 6.98. The van der Waals surface area contributed by atoms with Gasteiger partial charge >= 0.3 is 15.4 Å². The van der Waals surface area contributed by atoms with Crippen LogP contribution < -0.4 is 0 Å². The summed E-state index contributed by atoms with van der Waals surface area (Å²) in [5, 5.41) is 5.18. The lowest BCUT2D eigenvalue weighted by Crippen LogP contribution is -2.08. The maximum atomic E-state index is 9.29. The standard InChI is InChI=1S/C6H6.CH2O5S/c1-2-4-6-5-3-1;2-1(3)7(4,5)6/h1-6H;(H,2,3)(H,4,5,6). The highest BCUT2D eigenvalue weighted by Crippen LogP contribution is 1.80. The highest BCUT2D eigenvalue weighted by Gasteiger charge is 2.14. The summed E-state index contributed by atoms with van der Waals surface area (Å²) in [6, 6.07) is 12.0. The Morgan fingerprint density at radius 2 is 1.08 bits per heavy atom. The molecule has 5 nitrogen and oxygen atoms in total. The molecule has 0 bridgehead atoms. The van der Waals surface area contributed by atoms with Crippen LogP contribution in [-0.4, -0.2) is 23.4 Å². The van der Waals surface area contributed by atoms with Crippen LogP contribution in [0.15, 0.2) is 36.4 Å². The second-order valence-corrected chi connectivity index (χ2v) is 3.20. The molecular weight excluding hydrogens is 196 g/mol. The van der Waals surface area contributed by atoms with Gasteiger partial charge in [-0.1, -0.05) is 36.4 Å². The minimum Gasteiger partial charge on any atom is -0.468 e. The van der Waals surface area contributed by atoms with Gasteiger partial charge < -0.3 is 5.11 Å². The van der Waals surface area contributed by atoms with Crippen LogP contribution in [0.3, 0.4) is 0 Å². The van der Waals surface area contributed by atoms with E-state index in [1.54, 1.807) is 0 Å². The van der Waals surface area contributed by atoms with Gasteiger partial charge in [-0.2, -0.15) is 8.42 Å². The molecule has 72 valence electrons. The minimum absolute atomic E-state index is 2.00. The zero-order valence-electron chi connectivity index (χ0n) is 6.49. The molecule has 0 spiro atoms. The highest BCUT2D eigenvalue weighted by molar-refractivity contribution is 8.00. The van der Waals surface area contributed by atoms with Crippen molar-refractivity contribution in [1.82, 2.24) is 0 Å². The molecule has 1 aromatic carbocycles. The van der Waals surface area contributed by atoms with Crippen molar-refractivity contribution in [3.8, 4) is 0 Å². The van der Waals surface area contributed by atoms with E-state index in [0.29, 0.717) is 0 Å². The van der Waals surface area contributed by atoms with Crippen LogP contribution in [0.5, 0.6) is 0 Å². The maximum Gasteiger partial charge on any atom is 0.449 e. The molecule has 13 heavy (non-hydrogen) atoms. The van der Waals surface area contributed by atoms with E-state index >= 15 is 0 Å². The Balaban J connectivity index is 0.000000223. The number of hydrogen-bond acceptors (Lipinski definition) is 3. The minimum atomic E-state index is -4.82. The number of carbonyl (C=O) groups is 1. The van der Waals surface area contributed by atoms with Crippen LogP contribution in [0.1, 0.15) is 0 Å².